The molecule has 0 saturated heterocycles. The zero-order chi connectivity index (χ0) is 20.9. The molecule has 1 aromatic heterocycles. The summed E-state index contributed by atoms with van der Waals surface area (Å²) in [4.78, 5) is 17.0. The molecule has 0 saturated carbocycles. The molecule has 4 rings (SSSR count). The fourth-order valence-corrected chi connectivity index (χ4v) is 3.54. The van der Waals surface area contributed by atoms with Gasteiger partial charge in [-0.2, -0.15) is 0 Å². The van der Waals surface area contributed by atoms with Gasteiger partial charge in [-0.3, -0.25) is 4.79 Å². The summed E-state index contributed by atoms with van der Waals surface area (Å²) < 4.78 is 15.4. The molecule has 1 N–H and O–H groups in total. The van der Waals surface area contributed by atoms with Crippen molar-refractivity contribution in [1.29, 1.82) is 0 Å². The molecule has 0 unspecified atom stereocenters. The molecule has 6 heteroatoms. The smallest absolute Gasteiger partial charge is 0.251 e. The Morgan fingerprint density at radius 3 is 2.50 bits per heavy atom. The average Bonchev–Trinajstić information content (AvgIpc) is 3.10. The largest absolute Gasteiger partial charge is 0.352 e. The predicted octanol–water partition coefficient (Wildman–Crippen LogP) is 5.24. The third-order valence-electron chi connectivity index (χ3n) is 4.96. The monoisotopic (exact) mass is 421 g/mol. The molecule has 0 aliphatic rings. The van der Waals surface area contributed by atoms with Crippen LogP contribution in [0.4, 0.5) is 4.39 Å². The number of hydrogen-bond acceptors (Lipinski definition) is 2. The number of para-hydroxylation sites is 2. The number of carbonyl (C=O) groups is 1. The van der Waals surface area contributed by atoms with Crippen LogP contribution in [0.15, 0.2) is 72.8 Å². The van der Waals surface area contributed by atoms with Gasteiger partial charge in [-0.1, -0.05) is 35.9 Å². The van der Waals surface area contributed by atoms with Gasteiger partial charge in [-0.25, -0.2) is 9.37 Å². The molecule has 30 heavy (non-hydrogen) atoms. The highest BCUT2D eigenvalue weighted by atomic mass is 35.5. The number of nitrogens with zero attached hydrogens (tertiary/aromatic N) is 2. The molecule has 4 nitrogen and oxygen atoms in total. The third-order valence-corrected chi connectivity index (χ3v) is 5.21. The van der Waals surface area contributed by atoms with Crippen LogP contribution < -0.4 is 5.32 Å². The summed E-state index contributed by atoms with van der Waals surface area (Å²) in [6, 6.07) is 21.3. The summed E-state index contributed by atoms with van der Waals surface area (Å²) in [7, 11) is 0. The first-order valence-electron chi connectivity index (χ1n) is 9.82. The summed E-state index contributed by atoms with van der Waals surface area (Å²) in [5.41, 5.74) is 3.57. The second-order valence-electron chi connectivity index (χ2n) is 7.10. The van der Waals surface area contributed by atoms with E-state index in [1.165, 1.54) is 12.1 Å². The minimum Gasteiger partial charge on any atom is -0.352 e. The van der Waals surface area contributed by atoms with E-state index >= 15 is 0 Å². The second kappa shape index (κ2) is 9.09. The van der Waals surface area contributed by atoms with E-state index in [2.05, 4.69) is 9.88 Å². The molecule has 4 aromatic rings. The second-order valence-corrected chi connectivity index (χ2v) is 7.53. The molecule has 0 bridgehead atoms. The molecule has 0 spiro atoms. The zero-order valence-electron chi connectivity index (χ0n) is 16.3. The lowest BCUT2D eigenvalue weighted by Crippen LogP contribution is -2.25. The number of aromatic nitrogens is 2. The minimum absolute atomic E-state index is 0.119. The van der Waals surface area contributed by atoms with Crippen molar-refractivity contribution in [1.82, 2.24) is 14.9 Å². The van der Waals surface area contributed by atoms with Crippen LogP contribution in [-0.4, -0.2) is 22.0 Å². The lowest BCUT2D eigenvalue weighted by atomic mass is 10.2. The molecule has 0 fully saturated rings. The van der Waals surface area contributed by atoms with Crippen LogP contribution >= 0.6 is 11.6 Å². The number of rotatable bonds is 7. The molecule has 1 heterocycles. The maximum Gasteiger partial charge on any atom is 0.251 e. The van der Waals surface area contributed by atoms with Crippen molar-refractivity contribution in [3.8, 4) is 0 Å². The van der Waals surface area contributed by atoms with Gasteiger partial charge in [0.25, 0.3) is 5.91 Å². The van der Waals surface area contributed by atoms with Crippen molar-refractivity contribution in [2.75, 3.05) is 6.54 Å². The maximum atomic E-state index is 13.3. The molecule has 152 valence electrons. The van der Waals surface area contributed by atoms with Gasteiger partial charge in [-0.05, 0) is 60.5 Å². The fraction of sp³-hybridized carbons (Fsp3) is 0.167. The Kier molecular flexibility index (Phi) is 6.10. The first-order chi connectivity index (χ1) is 14.6. The van der Waals surface area contributed by atoms with Crippen LogP contribution in [0.3, 0.4) is 0 Å². The first kappa shape index (κ1) is 20.1. The first-order valence-corrected chi connectivity index (χ1v) is 10.2. The highest BCUT2D eigenvalue weighted by molar-refractivity contribution is 6.30. The highest BCUT2D eigenvalue weighted by Crippen LogP contribution is 2.19. The van der Waals surface area contributed by atoms with E-state index in [1.54, 1.807) is 36.4 Å². The quantitative estimate of drug-likeness (QED) is 0.415. The number of carbonyl (C=O) groups excluding carboxylic acids is 1. The van der Waals surface area contributed by atoms with Crippen LogP contribution in [0.25, 0.3) is 11.0 Å². The lowest BCUT2D eigenvalue weighted by molar-refractivity contribution is 0.0953. The van der Waals surface area contributed by atoms with Crippen molar-refractivity contribution in [2.24, 2.45) is 0 Å². The van der Waals surface area contributed by atoms with Crippen molar-refractivity contribution in [3.63, 3.8) is 0 Å². The number of nitrogens with one attached hydrogen (secondary N) is 1. The van der Waals surface area contributed by atoms with Gasteiger partial charge in [0.1, 0.15) is 11.6 Å². The SMILES string of the molecule is O=C(NCCCc1nc2ccccc2n1Cc1ccc(F)cc1)c1ccc(Cl)cc1. The van der Waals surface area contributed by atoms with Gasteiger partial charge in [-0.15, -0.1) is 0 Å². The lowest BCUT2D eigenvalue weighted by Gasteiger charge is -2.10. The van der Waals surface area contributed by atoms with Crippen LogP contribution in [0.2, 0.25) is 5.02 Å². The fourth-order valence-electron chi connectivity index (χ4n) is 3.42. The van der Waals surface area contributed by atoms with Crippen LogP contribution in [0.5, 0.6) is 0 Å². The van der Waals surface area contributed by atoms with Gasteiger partial charge < -0.3 is 9.88 Å². The van der Waals surface area contributed by atoms with Crippen molar-refractivity contribution < 1.29 is 9.18 Å². The van der Waals surface area contributed by atoms with E-state index < -0.39 is 0 Å². The number of aryl methyl sites for hydroxylation is 1. The Morgan fingerprint density at radius 1 is 1.00 bits per heavy atom. The molecular formula is C24H21ClFN3O. The summed E-state index contributed by atoms with van der Waals surface area (Å²) in [6.07, 6.45) is 1.48. The van der Waals surface area contributed by atoms with Gasteiger partial charge in [0.2, 0.25) is 0 Å². The van der Waals surface area contributed by atoms with E-state index in [1.807, 2.05) is 24.3 Å². The Bertz CT molecular complexity index is 1150. The van der Waals surface area contributed by atoms with Crippen LogP contribution in [0, 0.1) is 5.82 Å². The third kappa shape index (κ3) is 4.69. The number of amides is 1. The topological polar surface area (TPSA) is 46.9 Å². The van der Waals surface area contributed by atoms with E-state index in [4.69, 9.17) is 16.6 Å². The van der Waals surface area contributed by atoms with Crippen LogP contribution in [-0.2, 0) is 13.0 Å². The summed E-state index contributed by atoms with van der Waals surface area (Å²) in [6.45, 7) is 1.16. The molecule has 0 aliphatic heterocycles. The van der Waals surface area contributed by atoms with Gasteiger partial charge in [0.05, 0.1) is 11.0 Å². The molecule has 0 aliphatic carbocycles. The van der Waals surface area contributed by atoms with Crippen LogP contribution in [0.1, 0.15) is 28.2 Å². The number of fused-ring (bicyclic) bond motifs is 1. The van der Waals surface area contributed by atoms with E-state index in [-0.39, 0.29) is 11.7 Å². The Morgan fingerprint density at radius 2 is 1.73 bits per heavy atom. The molecular weight excluding hydrogens is 401 g/mol. The van der Waals surface area contributed by atoms with Gasteiger partial charge in [0.15, 0.2) is 0 Å². The Hall–Kier alpha value is -3.18. The summed E-state index contributed by atoms with van der Waals surface area (Å²) in [5.74, 6) is 0.582. The molecule has 0 radical (unpaired) electrons. The van der Waals surface area contributed by atoms with Crippen molar-refractivity contribution >= 4 is 28.5 Å². The van der Waals surface area contributed by atoms with Crippen molar-refractivity contribution in [2.45, 2.75) is 19.4 Å². The Balaban J connectivity index is 1.43. The minimum atomic E-state index is -0.245. The van der Waals surface area contributed by atoms with Gasteiger partial charge >= 0.3 is 0 Å². The van der Waals surface area contributed by atoms with E-state index in [0.29, 0.717) is 23.7 Å². The zero-order valence-corrected chi connectivity index (χ0v) is 17.1. The standard InChI is InChI=1S/C24H21ClFN3O/c25-19-11-9-18(10-12-19)24(30)27-15-3-6-23-28-21-4-1-2-5-22(21)29(23)16-17-7-13-20(26)14-8-17/h1-2,4-5,7-14H,3,6,15-16H2,(H,27,30). The summed E-state index contributed by atoms with van der Waals surface area (Å²) in [5, 5.41) is 3.54. The normalized spacial score (nSPS) is 11.0. The molecule has 1 amide bonds. The van der Waals surface area contributed by atoms with Gasteiger partial charge in [0, 0.05) is 30.1 Å². The number of benzene rings is 3. The van der Waals surface area contributed by atoms with E-state index in [9.17, 15) is 9.18 Å². The highest BCUT2D eigenvalue weighted by Gasteiger charge is 2.11. The molecule has 0 atom stereocenters. The average molecular weight is 422 g/mol. The Labute approximate surface area is 179 Å². The van der Waals surface area contributed by atoms with E-state index in [0.717, 1.165) is 35.3 Å². The summed E-state index contributed by atoms with van der Waals surface area (Å²) >= 11 is 5.87. The predicted molar refractivity (Wildman–Crippen MR) is 117 cm³/mol. The molecule has 3 aromatic carbocycles. The maximum absolute atomic E-state index is 13.3. The number of hydrogen-bond donors (Lipinski definition) is 1. The number of imidazole rings is 1. The van der Waals surface area contributed by atoms with Crippen molar-refractivity contribution in [3.05, 3.63) is 101 Å². The number of halogens is 2.